The minimum absolute atomic E-state index is 0.0266. The van der Waals surface area contributed by atoms with Crippen molar-refractivity contribution in [3.63, 3.8) is 0 Å². The SMILES string of the molecule is CC(=O)OC1C(C)OC(OCCCC(=O)NCCNC(=O)COc2ccc(-c3cccc(C(=O)OCc4ccccc4)c3)cc2)C(OC(C)=O)C1OC(C)=O. The molecule has 0 aromatic heterocycles. The molecule has 3 aromatic carbocycles. The van der Waals surface area contributed by atoms with Crippen LogP contribution in [-0.2, 0) is 59.0 Å². The first-order valence-electron chi connectivity index (χ1n) is 17.8. The maximum absolute atomic E-state index is 12.6. The van der Waals surface area contributed by atoms with Gasteiger partial charge in [0.1, 0.15) is 12.4 Å². The van der Waals surface area contributed by atoms with Crippen molar-refractivity contribution in [2.24, 2.45) is 0 Å². The molecule has 1 aliphatic rings. The molecule has 294 valence electrons. The lowest BCUT2D eigenvalue weighted by atomic mass is 9.99. The topological polar surface area (TPSA) is 191 Å². The summed E-state index contributed by atoms with van der Waals surface area (Å²) in [4.78, 5) is 72.6. The smallest absolute Gasteiger partial charge is 0.338 e. The van der Waals surface area contributed by atoms with Crippen molar-refractivity contribution in [3.05, 3.63) is 90.0 Å². The van der Waals surface area contributed by atoms with Gasteiger partial charge in [-0.15, -0.1) is 0 Å². The molecule has 0 aliphatic carbocycles. The normalized spacial score (nSPS) is 18.9. The Bertz CT molecular complexity index is 1770. The lowest BCUT2D eigenvalue weighted by molar-refractivity contribution is -0.300. The van der Waals surface area contributed by atoms with Crippen LogP contribution in [0.15, 0.2) is 78.9 Å². The molecule has 0 spiro atoms. The van der Waals surface area contributed by atoms with E-state index in [4.69, 9.17) is 33.2 Å². The lowest BCUT2D eigenvalue weighted by Gasteiger charge is -2.43. The predicted octanol–water partition coefficient (Wildman–Crippen LogP) is 3.66. The summed E-state index contributed by atoms with van der Waals surface area (Å²) in [5, 5.41) is 5.38. The van der Waals surface area contributed by atoms with Crippen LogP contribution in [0, 0.1) is 0 Å². The number of carbonyl (C=O) groups is 6. The zero-order chi connectivity index (χ0) is 39.7. The van der Waals surface area contributed by atoms with E-state index in [1.54, 1.807) is 37.3 Å². The summed E-state index contributed by atoms with van der Waals surface area (Å²) in [5.74, 6) is -2.62. The van der Waals surface area contributed by atoms with Gasteiger partial charge in [-0.3, -0.25) is 24.0 Å². The highest BCUT2D eigenvalue weighted by atomic mass is 16.7. The van der Waals surface area contributed by atoms with Gasteiger partial charge in [0.15, 0.2) is 31.2 Å². The van der Waals surface area contributed by atoms with Crippen molar-refractivity contribution >= 4 is 35.7 Å². The van der Waals surface area contributed by atoms with Gasteiger partial charge in [-0.1, -0.05) is 54.6 Å². The van der Waals surface area contributed by atoms with Crippen molar-refractivity contribution < 1.29 is 61.9 Å². The van der Waals surface area contributed by atoms with Gasteiger partial charge in [0.05, 0.1) is 18.3 Å². The number of hydrogen-bond donors (Lipinski definition) is 2. The highest BCUT2D eigenvalue weighted by molar-refractivity contribution is 5.91. The summed E-state index contributed by atoms with van der Waals surface area (Å²) in [6, 6.07) is 23.7. The molecule has 5 unspecified atom stereocenters. The predicted molar refractivity (Wildman–Crippen MR) is 195 cm³/mol. The number of ether oxygens (including phenoxy) is 7. The Morgan fingerprint density at radius 1 is 0.691 bits per heavy atom. The van der Waals surface area contributed by atoms with E-state index in [1.807, 2.05) is 48.5 Å². The third-order valence-electron chi connectivity index (χ3n) is 8.10. The van der Waals surface area contributed by atoms with E-state index in [0.29, 0.717) is 11.3 Å². The first-order chi connectivity index (χ1) is 26.4. The first-order valence-corrected chi connectivity index (χ1v) is 17.8. The van der Waals surface area contributed by atoms with Crippen molar-refractivity contribution in [3.8, 4) is 16.9 Å². The second-order valence-electron chi connectivity index (χ2n) is 12.6. The largest absolute Gasteiger partial charge is 0.484 e. The Morgan fingerprint density at radius 3 is 2.00 bits per heavy atom. The van der Waals surface area contributed by atoms with Crippen molar-refractivity contribution in [1.82, 2.24) is 10.6 Å². The fourth-order valence-electron chi connectivity index (χ4n) is 5.60. The second-order valence-corrected chi connectivity index (χ2v) is 12.6. The monoisotopic (exact) mass is 762 g/mol. The Kier molecular flexibility index (Phi) is 16.2. The molecule has 15 nitrogen and oxygen atoms in total. The van der Waals surface area contributed by atoms with Gasteiger partial charge in [0.25, 0.3) is 5.91 Å². The van der Waals surface area contributed by atoms with Crippen LogP contribution >= 0.6 is 0 Å². The fourth-order valence-corrected chi connectivity index (χ4v) is 5.60. The fraction of sp³-hybridized carbons (Fsp3) is 0.400. The standard InChI is InChI=1S/C40H46N2O13/c1-25-36(53-26(2)43)37(54-27(3)44)38(55-28(4)45)40(52-25)49-21-9-14-34(46)41-19-20-42-35(47)24-50-33-17-15-30(16-18-33)31-12-8-13-32(22-31)39(48)51-23-29-10-6-5-7-11-29/h5-8,10-13,15-18,22,25,36-38,40H,9,14,19-21,23-24H2,1-4H3,(H,41,46)(H,42,47). The van der Waals surface area contributed by atoms with E-state index in [9.17, 15) is 28.8 Å². The number of esters is 4. The van der Waals surface area contributed by atoms with E-state index in [2.05, 4.69) is 10.6 Å². The number of amides is 2. The number of nitrogens with one attached hydrogen (secondary N) is 2. The van der Waals surface area contributed by atoms with E-state index in [-0.39, 0.29) is 57.6 Å². The van der Waals surface area contributed by atoms with E-state index in [1.165, 1.54) is 13.8 Å². The van der Waals surface area contributed by atoms with Crippen LogP contribution in [0.2, 0.25) is 0 Å². The number of hydrogen-bond acceptors (Lipinski definition) is 13. The number of rotatable bonds is 18. The van der Waals surface area contributed by atoms with Crippen LogP contribution in [0.3, 0.4) is 0 Å². The summed E-state index contributed by atoms with van der Waals surface area (Å²) in [6.45, 7) is 5.45. The van der Waals surface area contributed by atoms with Gasteiger partial charge in [-0.25, -0.2) is 4.79 Å². The zero-order valence-corrected chi connectivity index (χ0v) is 31.1. The molecule has 1 heterocycles. The van der Waals surface area contributed by atoms with Gasteiger partial charge >= 0.3 is 23.9 Å². The summed E-state index contributed by atoms with van der Waals surface area (Å²) in [6.07, 6.45) is -5.03. The molecule has 0 saturated carbocycles. The first kappa shape index (κ1) is 41.9. The van der Waals surface area contributed by atoms with Gasteiger partial charge < -0.3 is 43.8 Å². The molecule has 2 N–H and O–H groups in total. The van der Waals surface area contributed by atoms with E-state index in [0.717, 1.165) is 23.6 Å². The van der Waals surface area contributed by atoms with Crippen LogP contribution in [-0.4, -0.2) is 92.7 Å². The molecule has 55 heavy (non-hydrogen) atoms. The molecule has 1 aliphatic heterocycles. The lowest BCUT2D eigenvalue weighted by Crippen LogP contribution is -2.61. The third kappa shape index (κ3) is 13.8. The molecule has 1 fully saturated rings. The Labute approximate surface area is 318 Å². The van der Waals surface area contributed by atoms with Gasteiger partial charge in [0.2, 0.25) is 5.91 Å². The summed E-state index contributed by atoms with van der Waals surface area (Å²) >= 11 is 0. The maximum Gasteiger partial charge on any atom is 0.338 e. The number of carbonyl (C=O) groups excluding carboxylic acids is 6. The second kappa shape index (κ2) is 21.2. The highest BCUT2D eigenvalue weighted by Crippen LogP contribution is 2.29. The van der Waals surface area contributed by atoms with Crippen LogP contribution in [0.5, 0.6) is 5.75 Å². The van der Waals surface area contributed by atoms with Crippen LogP contribution in [0.4, 0.5) is 0 Å². The van der Waals surface area contributed by atoms with Gasteiger partial charge in [0, 0.05) is 40.3 Å². The Balaban J connectivity index is 1.13. The molecular formula is C40H46N2O13. The van der Waals surface area contributed by atoms with E-state index < -0.39 is 54.6 Å². The Hall–Kier alpha value is -5.80. The molecule has 0 bridgehead atoms. The van der Waals surface area contributed by atoms with E-state index >= 15 is 0 Å². The van der Waals surface area contributed by atoms with Crippen LogP contribution in [0.1, 0.15) is 56.5 Å². The molecule has 1 saturated heterocycles. The minimum Gasteiger partial charge on any atom is -0.484 e. The average Bonchev–Trinajstić information content (AvgIpc) is 3.16. The molecule has 15 heteroatoms. The van der Waals surface area contributed by atoms with Crippen molar-refractivity contribution in [2.75, 3.05) is 26.3 Å². The zero-order valence-electron chi connectivity index (χ0n) is 31.1. The summed E-state index contributed by atoms with van der Waals surface area (Å²) in [7, 11) is 0. The minimum atomic E-state index is -1.23. The number of benzene rings is 3. The average molecular weight is 763 g/mol. The quantitative estimate of drug-likeness (QED) is 0.109. The van der Waals surface area contributed by atoms with Gasteiger partial charge in [-0.2, -0.15) is 0 Å². The van der Waals surface area contributed by atoms with Crippen molar-refractivity contribution in [1.29, 1.82) is 0 Å². The highest BCUT2D eigenvalue weighted by Gasteiger charge is 2.50. The van der Waals surface area contributed by atoms with Crippen molar-refractivity contribution in [2.45, 2.75) is 77.8 Å². The van der Waals surface area contributed by atoms with Crippen LogP contribution in [0.25, 0.3) is 11.1 Å². The Morgan fingerprint density at radius 2 is 1.33 bits per heavy atom. The maximum atomic E-state index is 12.6. The molecular weight excluding hydrogens is 716 g/mol. The third-order valence-corrected chi connectivity index (χ3v) is 8.10. The summed E-state index contributed by atoms with van der Waals surface area (Å²) in [5.41, 5.74) is 3.00. The molecule has 3 aromatic rings. The summed E-state index contributed by atoms with van der Waals surface area (Å²) < 4.78 is 38.6. The molecule has 0 radical (unpaired) electrons. The molecule has 2 amide bonds. The molecule has 5 atom stereocenters. The molecule has 4 rings (SSSR count). The van der Waals surface area contributed by atoms with Crippen LogP contribution < -0.4 is 15.4 Å². The van der Waals surface area contributed by atoms with Gasteiger partial charge in [-0.05, 0) is 54.3 Å².